The second-order valence-electron chi connectivity index (χ2n) is 8.21. The van der Waals surface area contributed by atoms with Gasteiger partial charge in [-0.05, 0) is 66.8 Å². The van der Waals surface area contributed by atoms with Gasteiger partial charge in [-0.1, -0.05) is 6.07 Å². The molecule has 1 aromatic heterocycles. The minimum absolute atomic E-state index is 0.266. The molecule has 1 heterocycles. The highest BCUT2D eigenvalue weighted by atomic mass is 19.4. The summed E-state index contributed by atoms with van der Waals surface area (Å²) < 4.78 is 58.8. The molecule has 0 saturated carbocycles. The normalized spacial score (nSPS) is 15.2. The van der Waals surface area contributed by atoms with E-state index in [-0.39, 0.29) is 5.91 Å². The maximum Gasteiger partial charge on any atom is 0.416 e. The lowest BCUT2D eigenvalue weighted by atomic mass is 9.83. The number of pyridine rings is 1. The molecule has 0 radical (unpaired) electrons. The Kier molecular flexibility index (Phi) is 6.72. The Morgan fingerprint density at radius 2 is 1.77 bits per heavy atom. The van der Waals surface area contributed by atoms with Crippen LogP contribution < -0.4 is 15.4 Å². The number of ether oxygens (including phenoxy) is 1. The Morgan fingerprint density at radius 3 is 2.51 bits per heavy atom. The number of alkyl halides is 3. The first kappa shape index (κ1) is 24.2. The Balaban J connectivity index is 1.47. The summed E-state index contributed by atoms with van der Waals surface area (Å²) in [5, 5.41) is 4.88. The van der Waals surface area contributed by atoms with Crippen LogP contribution in [-0.4, -0.2) is 16.8 Å². The van der Waals surface area contributed by atoms with Crippen LogP contribution in [0.2, 0.25) is 0 Å². The second-order valence-corrected chi connectivity index (χ2v) is 8.21. The highest BCUT2D eigenvalue weighted by Crippen LogP contribution is 2.34. The Morgan fingerprint density at radius 1 is 1.00 bits per heavy atom. The fraction of sp³-hybridized carbons (Fsp3) is 0.240. The number of amides is 2. The van der Waals surface area contributed by atoms with Gasteiger partial charge in [-0.3, -0.25) is 9.59 Å². The van der Waals surface area contributed by atoms with Gasteiger partial charge in [0.2, 0.25) is 11.8 Å². The van der Waals surface area contributed by atoms with E-state index in [0.29, 0.717) is 54.8 Å². The third kappa shape index (κ3) is 5.95. The van der Waals surface area contributed by atoms with Gasteiger partial charge in [0.05, 0.1) is 11.3 Å². The Hall–Kier alpha value is -3.95. The molecule has 0 fully saturated rings. The van der Waals surface area contributed by atoms with E-state index in [1.165, 1.54) is 13.1 Å². The zero-order chi connectivity index (χ0) is 25.2. The zero-order valence-electron chi connectivity index (χ0n) is 18.6. The predicted molar refractivity (Wildman–Crippen MR) is 121 cm³/mol. The molecule has 6 nitrogen and oxygen atoms in total. The minimum Gasteiger partial charge on any atom is -0.457 e. The number of carbonyl (C=O) groups excluding carboxylic acids is 2. The van der Waals surface area contributed by atoms with Crippen molar-refractivity contribution in [2.45, 2.75) is 32.4 Å². The van der Waals surface area contributed by atoms with Crippen molar-refractivity contribution in [3.63, 3.8) is 0 Å². The molecular formula is C25H21F4N3O3. The minimum atomic E-state index is -4.65. The maximum atomic E-state index is 14.1. The number of nitrogens with one attached hydrogen (secondary N) is 2. The van der Waals surface area contributed by atoms with Crippen molar-refractivity contribution in [1.82, 2.24) is 4.98 Å². The van der Waals surface area contributed by atoms with Gasteiger partial charge >= 0.3 is 6.18 Å². The summed E-state index contributed by atoms with van der Waals surface area (Å²) in [6.07, 6.45) is -1.77. The van der Waals surface area contributed by atoms with Gasteiger partial charge in [-0.25, -0.2) is 9.37 Å². The van der Waals surface area contributed by atoms with Crippen LogP contribution in [-0.2, 0) is 28.6 Å². The number of hydrogen-bond acceptors (Lipinski definition) is 4. The average molecular weight is 487 g/mol. The molecule has 1 atom stereocenters. The molecule has 0 saturated heterocycles. The molecular weight excluding hydrogens is 466 g/mol. The molecule has 1 aliphatic carbocycles. The number of aryl methyl sites for hydroxylation is 1. The molecule has 0 spiro atoms. The molecule has 0 aliphatic heterocycles. The van der Waals surface area contributed by atoms with E-state index in [1.807, 2.05) is 6.07 Å². The summed E-state index contributed by atoms with van der Waals surface area (Å²) >= 11 is 0. The zero-order valence-corrected chi connectivity index (χ0v) is 18.6. The lowest BCUT2D eigenvalue weighted by Gasteiger charge is -2.24. The quantitative estimate of drug-likeness (QED) is 0.450. The molecule has 35 heavy (non-hydrogen) atoms. The second kappa shape index (κ2) is 9.73. The van der Waals surface area contributed by atoms with E-state index in [1.54, 1.807) is 24.3 Å². The Labute approximate surface area is 198 Å². The molecule has 3 aromatic rings. The molecule has 182 valence electrons. The maximum absolute atomic E-state index is 14.1. The average Bonchev–Trinajstić information content (AvgIpc) is 2.79. The summed E-state index contributed by atoms with van der Waals surface area (Å²) in [5.41, 5.74) is 0.345. The molecule has 2 N–H and O–H groups in total. The number of carbonyl (C=O) groups is 2. The van der Waals surface area contributed by atoms with Gasteiger partial charge in [0.15, 0.2) is 0 Å². The number of aromatic nitrogens is 1. The number of halogens is 4. The van der Waals surface area contributed by atoms with Crippen LogP contribution in [0, 0.1) is 11.7 Å². The monoisotopic (exact) mass is 487 g/mol. The standard InChI is InChI=1S/C25H21F4N3O3/c1-14(33)31-23-13-20(8-9-30-23)35-19-6-4-15-2-3-16(10-17(15)11-19)24(34)32-22-12-18(25(27,28)29)5-7-21(22)26/h4-9,11-13,16H,2-3,10H2,1H3,(H,32,34)(H,30,31,33). The number of nitrogens with zero attached hydrogens (tertiary/aromatic N) is 1. The van der Waals surface area contributed by atoms with Gasteiger partial charge in [0, 0.05) is 25.1 Å². The van der Waals surface area contributed by atoms with E-state index >= 15 is 0 Å². The van der Waals surface area contributed by atoms with Crippen molar-refractivity contribution in [3.8, 4) is 11.5 Å². The molecule has 1 aliphatic rings. The molecule has 1 unspecified atom stereocenters. The molecule has 2 amide bonds. The van der Waals surface area contributed by atoms with Crippen LogP contribution in [0.5, 0.6) is 11.5 Å². The first-order valence-corrected chi connectivity index (χ1v) is 10.8. The number of rotatable bonds is 5. The largest absolute Gasteiger partial charge is 0.457 e. The van der Waals surface area contributed by atoms with Crippen LogP contribution in [0.1, 0.15) is 30.0 Å². The highest BCUT2D eigenvalue weighted by molar-refractivity contribution is 5.93. The summed E-state index contributed by atoms with van der Waals surface area (Å²) in [4.78, 5) is 28.0. The molecule has 2 aromatic carbocycles. The fourth-order valence-electron chi connectivity index (χ4n) is 3.91. The van der Waals surface area contributed by atoms with Crippen molar-refractivity contribution < 1.29 is 31.9 Å². The third-order valence-corrected chi connectivity index (χ3v) is 5.60. The number of benzene rings is 2. The van der Waals surface area contributed by atoms with Gasteiger partial charge < -0.3 is 15.4 Å². The van der Waals surface area contributed by atoms with Crippen molar-refractivity contribution in [1.29, 1.82) is 0 Å². The van der Waals surface area contributed by atoms with E-state index in [4.69, 9.17) is 4.74 Å². The fourth-order valence-corrected chi connectivity index (χ4v) is 3.91. The lowest BCUT2D eigenvalue weighted by molar-refractivity contribution is -0.137. The van der Waals surface area contributed by atoms with Crippen molar-refractivity contribution in [3.05, 3.63) is 77.2 Å². The van der Waals surface area contributed by atoms with E-state index < -0.39 is 35.1 Å². The number of fused-ring (bicyclic) bond motifs is 1. The van der Waals surface area contributed by atoms with Crippen LogP contribution in [0.3, 0.4) is 0 Å². The van der Waals surface area contributed by atoms with Crippen LogP contribution in [0.15, 0.2) is 54.7 Å². The van der Waals surface area contributed by atoms with E-state index in [2.05, 4.69) is 15.6 Å². The van der Waals surface area contributed by atoms with Gasteiger partial charge in [-0.15, -0.1) is 0 Å². The van der Waals surface area contributed by atoms with Crippen molar-refractivity contribution in [2.75, 3.05) is 10.6 Å². The predicted octanol–water partition coefficient (Wildman–Crippen LogP) is 5.73. The molecule has 4 rings (SSSR count). The van der Waals surface area contributed by atoms with Crippen LogP contribution >= 0.6 is 0 Å². The number of anilines is 2. The van der Waals surface area contributed by atoms with Crippen molar-refractivity contribution in [2.24, 2.45) is 5.92 Å². The van der Waals surface area contributed by atoms with Gasteiger partial charge in [0.1, 0.15) is 23.1 Å². The SMILES string of the molecule is CC(=O)Nc1cc(Oc2ccc3c(c2)CC(C(=O)Nc2cc(C(F)(F)F)ccc2F)CC3)ccn1. The Bertz CT molecular complexity index is 1280. The van der Waals surface area contributed by atoms with Gasteiger partial charge in [0.25, 0.3) is 0 Å². The molecule has 10 heteroatoms. The lowest BCUT2D eigenvalue weighted by Crippen LogP contribution is -2.28. The first-order chi connectivity index (χ1) is 16.6. The van der Waals surface area contributed by atoms with Gasteiger partial charge in [-0.2, -0.15) is 13.2 Å². The summed E-state index contributed by atoms with van der Waals surface area (Å²) in [5.74, 6) is -0.991. The van der Waals surface area contributed by atoms with E-state index in [9.17, 15) is 27.2 Å². The topological polar surface area (TPSA) is 80.3 Å². The van der Waals surface area contributed by atoms with E-state index in [0.717, 1.165) is 11.1 Å². The third-order valence-electron chi connectivity index (χ3n) is 5.60. The van der Waals surface area contributed by atoms with Crippen LogP contribution in [0.25, 0.3) is 0 Å². The first-order valence-electron chi connectivity index (χ1n) is 10.8. The highest BCUT2D eigenvalue weighted by Gasteiger charge is 2.32. The van der Waals surface area contributed by atoms with Crippen molar-refractivity contribution >= 4 is 23.3 Å². The number of hydrogen-bond donors (Lipinski definition) is 2. The summed E-state index contributed by atoms with van der Waals surface area (Å²) in [6.45, 7) is 1.37. The smallest absolute Gasteiger partial charge is 0.416 e. The summed E-state index contributed by atoms with van der Waals surface area (Å²) in [6, 6.07) is 10.6. The van der Waals surface area contributed by atoms with Crippen LogP contribution in [0.4, 0.5) is 29.1 Å². The molecule has 0 bridgehead atoms. The summed E-state index contributed by atoms with van der Waals surface area (Å²) in [7, 11) is 0.